The van der Waals surface area contributed by atoms with E-state index < -0.39 is 19.9 Å². The molecule has 0 aliphatic carbocycles. The third kappa shape index (κ3) is 4.03. The Labute approximate surface area is 167 Å². The van der Waals surface area contributed by atoms with Gasteiger partial charge in [0.15, 0.2) is 9.84 Å². The molecule has 0 saturated carbocycles. The Morgan fingerprint density at radius 3 is 2.32 bits per heavy atom. The zero-order chi connectivity index (χ0) is 20.5. The molecule has 0 aliphatic rings. The molecule has 28 heavy (non-hydrogen) atoms. The number of thiazole rings is 1. The van der Waals surface area contributed by atoms with Gasteiger partial charge in [-0.15, -0.1) is 11.0 Å². The second kappa shape index (κ2) is 7.53. The van der Waals surface area contributed by atoms with Crippen molar-refractivity contribution in [2.24, 2.45) is 4.40 Å². The van der Waals surface area contributed by atoms with Crippen molar-refractivity contribution < 1.29 is 21.6 Å². The van der Waals surface area contributed by atoms with Gasteiger partial charge < -0.3 is 9.30 Å². The lowest BCUT2D eigenvalue weighted by molar-refractivity contribution is 0.414. The van der Waals surface area contributed by atoms with Crippen LogP contribution in [0.1, 0.15) is 0 Å². The molecule has 0 bridgehead atoms. The molecule has 0 N–H and O–H groups in total. The summed E-state index contributed by atoms with van der Waals surface area (Å²) in [6.07, 6.45) is 2.74. The van der Waals surface area contributed by atoms with Crippen LogP contribution in [0, 0.1) is 0 Å². The van der Waals surface area contributed by atoms with E-state index in [0.717, 1.165) is 17.6 Å². The Morgan fingerprint density at radius 1 is 1.11 bits per heavy atom. The van der Waals surface area contributed by atoms with Gasteiger partial charge in [-0.25, -0.2) is 8.42 Å². The lowest BCUT2D eigenvalue weighted by Crippen LogP contribution is -2.16. The maximum Gasteiger partial charge on any atom is 0.285 e. The van der Waals surface area contributed by atoms with Crippen LogP contribution in [0.3, 0.4) is 0 Å². The molecule has 7 nitrogen and oxygen atoms in total. The van der Waals surface area contributed by atoms with E-state index in [2.05, 4.69) is 11.0 Å². The molecular weight excluding hydrogens is 420 g/mol. The van der Waals surface area contributed by atoms with Crippen molar-refractivity contribution in [1.29, 1.82) is 0 Å². The smallest absolute Gasteiger partial charge is 0.285 e. The van der Waals surface area contributed by atoms with Gasteiger partial charge in [0, 0.05) is 12.8 Å². The summed E-state index contributed by atoms with van der Waals surface area (Å²) in [5.41, 5.74) is 0.681. The average Bonchev–Trinajstić information content (AvgIpc) is 2.97. The molecule has 1 heterocycles. The first-order valence-corrected chi connectivity index (χ1v) is 12.2. The van der Waals surface area contributed by atoms with Crippen LogP contribution in [0.15, 0.2) is 69.3 Å². The van der Waals surface area contributed by atoms with Gasteiger partial charge in [0.1, 0.15) is 5.75 Å². The highest BCUT2D eigenvalue weighted by Gasteiger charge is 2.16. The van der Waals surface area contributed by atoms with Gasteiger partial charge in [0.25, 0.3) is 10.0 Å². The van der Waals surface area contributed by atoms with Crippen molar-refractivity contribution in [3.05, 3.63) is 59.9 Å². The zero-order valence-corrected chi connectivity index (χ0v) is 17.6. The number of benzene rings is 2. The van der Waals surface area contributed by atoms with E-state index in [9.17, 15) is 16.8 Å². The van der Waals surface area contributed by atoms with E-state index in [4.69, 9.17) is 4.74 Å². The normalized spacial score (nSPS) is 13.0. The molecule has 0 aliphatic heterocycles. The van der Waals surface area contributed by atoms with Crippen LogP contribution in [0.5, 0.6) is 5.75 Å². The van der Waals surface area contributed by atoms with Gasteiger partial charge in [-0.1, -0.05) is 17.4 Å². The van der Waals surface area contributed by atoms with Gasteiger partial charge >= 0.3 is 0 Å². The van der Waals surface area contributed by atoms with Crippen molar-refractivity contribution in [2.75, 3.05) is 13.4 Å². The molecular formula is C18H18N2O5S3. The lowest BCUT2D eigenvalue weighted by atomic mass is 10.3. The van der Waals surface area contributed by atoms with E-state index in [0.29, 0.717) is 22.5 Å². The minimum atomic E-state index is -3.96. The van der Waals surface area contributed by atoms with Gasteiger partial charge in [-0.2, -0.15) is 8.42 Å². The number of sulfone groups is 1. The van der Waals surface area contributed by atoms with Crippen LogP contribution in [-0.2, 0) is 26.4 Å². The maximum absolute atomic E-state index is 12.7. The van der Waals surface area contributed by atoms with E-state index in [1.807, 2.05) is 0 Å². The molecule has 0 amide bonds. The number of nitrogens with zero attached hydrogens (tertiary/aromatic N) is 2. The van der Waals surface area contributed by atoms with Crippen molar-refractivity contribution in [1.82, 2.24) is 4.57 Å². The van der Waals surface area contributed by atoms with Crippen LogP contribution < -0.4 is 9.54 Å². The predicted octanol–water partition coefficient (Wildman–Crippen LogP) is 2.59. The van der Waals surface area contributed by atoms with Crippen LogP contribution in [-0.4, -0.2) is 34.8 Å². The maximum atomic E-state index is 12.7. The SMILES string of the molecule is C=CCn1/c(=N/S(=O)(=O)c2ccc(OC)cc2)sc2cc(S(C)(=O)=O)ccc21. The number of methoxy groups -OCH3 is 1. The Kier molecular flexibility index (Phi) is 5.46. The number of allylic oxidation sites excluding steroid dienone is 1. The van der Waals surface area contributed by atoms with Crippen LogP contribution >= 0.6 is 11.3 Å². The molecule has 0 unspecified atom stereocenters. The molecule has 0 spiro atoms. The number of hydrogen-bond donors (Lipinski definition) is 0. The predicted molar refractivity (Wildman–Crippen MR) is 109 cm³/mol. The molecule has 0 saturated heterocycles. The Balaban J connectivity index is 2.22. The quantitative estimate of drug-likeness (QED) is 0.551. The summed E-state index contributed by atoms with van der Waals surface area (Å²) < 4.78 is 60.4. The van der Waals surface area contributed by atoms with Crippen LogP contribution in [0.4, 0.5) is 0 Å². The van der Waals surface area contributed by atoms with Crippen molar-refractivity contribution in [3.63, 3.8) is 0 Å². The largest absolute Gasteiger partial charge is 0.497 e. The monoisotopic (exact) mass is 438 g/mol. The summed E-state index contributed by atoms with van der Waals surface area (Å²) >= 11 is 1.10. The van der Waals surface area contributed by atoms with Gasteiger partial charge in [-0.3, -0.25) is 0 Å². The highest BCUT2D eigenvalue weighted by molar-refractivity contribution is 7.90. The number of ether oxygens (including phenoxy) is 1. The zero-order valence-electron chi connectivity index (χ0n) is 15.2. The number of sulfonamides is 1. The minimum Gasteiger partial charge on any atom is -0.497 e. The minimum absolute atomic E-state index is 0.0349. The van der Waals surface area contributed by atoms with Crippen LogP contribution in [0.25, 0.3) is 10.2 Å². The average molecular weight is 439 g/mol. The molecule has 1 aromatic heterocycles. The van der Waals surface area contributed by atoms with Crippen molar-refractivity contribution >= 4 is 41.4 Å². The van der Waals surface area contributed by atoms with Crippen molar-refractivity contribution in [3.8, 4) is 5.75 Å². The fourth-order valence-electron chi connectivity index (χ4n) is 2.56. The molecule has 0 fully saturated rings. The summed E-state index contributed by atoms with van der Waals surface area (Å²) in [7, 11) is -5.84. The molecule has 0 atom stereocenters. The third-order valence-corrected chi connectivity index (χ3v) is 7.50. The molecule has 2 aromatic carbocycles. The second-order valence-corrected chi connectivity index (χ2v) is 10.6. The van der Waals surface area contributed by atoms with Gasteiger partial charge in [-0.05, 0) is 42.5 Å². The first kappa shape index (κ1) is 20.3. The van der Waals surface area contributed by atoms with E-state index in [-0.39, 0.29) is 14.6 Å². The number of fused-ring (bicyclic) bond motifs is 1. The number of rotatable bonds is 6. The van der Waals surface area contributed by atoms with Gasteiger partial charge in [0.2, 0.25) is 4.80 Å². The van der Waals surface area contributed by atoms with Crippen molar-refractivity contribution in [2.45, 2.75) is 16.3 Å². The first-order chi connectivity index (χ1) is 13.2. The second-order valence-electron chi connectivity index (χ2n) is 5.93. The molecule has 3 rings (SSSR count). The Morgan fingerprint density at radius 2 is 1.75 bits per heavy atom. The van der Waals surface area contributed by atoms with E-state index in [1.54, 1.807) is 28.8 Å². The Bertz CT molecular complexity index is 1320. The summed E-state index contributed by atoms with van der Waals surface area (Å²) in [6, 6.07) is 10.6. The fraction of sp³-hybridized carbons (Fsp3) is 0.167. The molecule has 3 aromatic rings. The highest BCUT2D eigenvalue weighted by Crippen LogP contribution is 2.23. The van der Waals surface area contributed by atoms with E-state index in [1.165, 1.54) is 31.4 Å². The number of aromatic nitrogens is 1. The summed E-state index contributed by atoms with van der Waals surface area (Å²) in [5, 5.41) is 0. The van der Waals surface area contributed by atoms with Gasteiger partial charge in [0.05, 0.1) is 27.1 Å². The molecule has 148 valence electrons. The first-order valence-electron chi connectivity index (χ1n) is 8.05. The third-order valence-electron chi connectivity index (χ3n) is 3.95. The number of hydrogen-bond acceptors (Lipinski definition) is 6. The summed E-state index contributed by atoms with van der Waals surface area (Å²) in [5.74, 6) is 0.538. The molecule has 0 radical (unpaired) electrons. The standard InChI is InChI=1S/C18H18N2O5S3/c1-4-11-20-16-10-9-15(27(3,21)22)12-17(16)26-18(20)19-28(23,24)14-7-5-13(25-2)6-8-14/h4-10,12H,1,11H2,2-3H3/b19-18-. The van der Waals surface area contributed by atoms with E-state index >= 15 is 0 Å². The summed E-state index contributed by atoms with van der Waals surface area (Å²) in [6.45, 7) is 4.03. The molecule has 10 heteroatoms. The topological polar surface area (TPSA) is 94.8 Å². The fourth-order valence-corrected chi connectivity index (χ4v) is 5.57. The highest BCUT2D eigenvalue weighted by atomic mass is 32.2. The van der Waals surface area contributed by atoms with Crippen LogP contribution in [0.2, 0.25) is 0 Å². The lowest BCUT2D eigenvalue weighted by Gasteiger charge is -2.03. The Hall–Kier alpha value is -2.43. The summed E-state index contributed by atoms with van der Waals surface area (Å²) in [4.78, 5) is 0.431.